The monoisotopic (exact) mass is 213 g/mol. The van der Waals surface area contributed by atoms with Crippen molar-refractivity contribution in [3.63, 3.8) is 0 Å². The third kappa shape index (κ3) is 3.56. The molecule has 1 rings (SSSR count). The minimum atomic E-state index is -0.0142. The van der Waals surface area contributed by atoms with Gasteiger partial charge in [0.2, 0.25) is 0 Å². The predicted molar refractivity (Wildman–Crippen MR) is 60.1 cm³/mol. The standard InChI is InChI=1S/C11H16ClNO/c1-11(2,13-3)8-14-10-6-4-9(12)5-7-10/h4-7,13H,8H2,1-3H3. The molecule has 0 atom stereocenters. The molecule has 3 heteroatoms. The zero-order valence-corrected chi connectivity index (χ0v) is 9.56. The molecule has 0 saturated carbocycles. The maximum Gasteiger partial charge on any atom is 0.119 e. The predicted octanol–water partition coefficient (Wildman–Crippen LogP) is 2.72. The maximum absolute atomic E-state index is 5.76. The SMILES string of the molecule is CNC(C)(C)COc1ccc(Cl)cc1. The summed E-state index contributed by atoms with van der Waals surface area (Å²) in [4.78, 5) is 0. The molecular formula is C11H16ClNO. The van der Waals surface area contributed by atoms with Crippen LogP contribution < -0.4 is 10.1 Å². The molecule has 0 spiro atoms. The lowest BCUT2D eigenvalue weighted by Gasteiger charge is -2.23. The Hall–Kier alpha value is -0.730. The molecule has 1 aromatic carbocycles. The van der Waals surface area contributed by atoms with Crippen LogP contribution >= 0.6 is 11.6 Å². The van der Waals surface area contributed by atoms with Gasteiger partial charge in [0, 0.05) is 10.6 Å². The Kier molecular flexibility index (Phi) is 3.78. The van der Waals surface area contributed by atoms with Crippen LogP contribution in [0.4, 0.5) is 0 Å². The van der Waals surface area contributed by atoms with Crippen molar-refractivity contribution in [2.45, 2.75) is 19.4 Å². The van der Waals surface area contributed by atoms with Crippen molar-refractivity contribution >= 4 is 11.6 Å². The molecule has 0 bridgehead atoms. The number of benzene rings is 1. The first-order valence-electron chi connectivity index (χ1n) is 4.61. The van der Waals surface area contributed by atoms with E-state index in [0.717, 1.165) is 10.8 Å². The van der Waals surface area contributed by atoms with Crippen molar-refractivity contribution in [2.75, 3.05) is 13.7 Å². The van der Waals surface area contributed by atoms with Gasteiger partial charge in [0.25, 0.3) is 0 Å². The third-order valence-corrected chi connectivity index (χ3v) is 2.34. The average Bonchev–Trinajstić information content (AvgIpc) is 2.17. The van der Waals surface area contributed by atoms with Gasteiger partial charge in [-0.3, -0.25) is 0 Å². The summed E-state index contributed by atoms with van der Waals surface area (Å²) in [7, 11) is 1.92. The van der Waals surface area contributed by atoms with E-state index in [4.69, 9.17) is 16.3 Å². The fraction of sp³-hybridized carbons (Fsp3) is 0.455. The van der Waals surface area contributed by atoms with E-state index in [1.54, 1.807) is 0 Å². The van der Waals surface area contributed by atoms with Gasteiger partial charge in [-0.15, -0.1) is 0 Å². The van der Waals surface area contributed by atoms with Crippen LogP contribution in [-0.4, -0.2) is 19.2 Å². The van der Waals surface area contributed by atoms with Gasteiger partial charge in [0.05, 0.1) is 0 Å². The van der Waals surface area contributed by atoms with E-state index in [1.807, 2.05) is 31.3 Å². The van der Waals surface area contributed by atoms with Crippen molar-refractivity contribution in [1.82, 2.24) is 5.32 Å². The van der Waals surface area contributed by atoms with Gasteiger partial charge < -0.3 is 10.1 Å². The summed E-state index contributed by atoms with van der Waals surface area (Å²) in [5.41, 5.74) is -0.0142. The molecule has 0 aliphatic carbocycles. The van der Waals surface area contributed by atoms with Crippen LogP contribution in [0.25, 0.3) is 0 Å². The van der Waals surface area contributed by atoms with Crippen LogP contribution in [-0.2, 0) is 0 Å². The van der Waals surface area contributed by atoms with E-state index in [2.05, 4.69) is 19.2 Å². The first-order valence-corrected chi connectivity index (χ1v) is 4.98. The van der Waals surface area contributed by atoms with E-state index in [1.165, 1.54) is 0 Å². The van der Waals surface area contributed by atoms with Gasteiger partial charge in [-0.2, -0.15) is 0 Å². The van der Waals surface area contributed by atoms with Crippen LogP contribution in [0.3, 0.4) is 0 Å². The number of rotatable bonds is 4. The molecule has 0 radical (unpaired) electrons. The Bertz CT molecular complexity index is 282. The smallest absolute Gasteiger partial charge is 0.119 e. The average molecular weight is 214 g/mol. The van der Waals surface area contributed by atoms with Crippen LogP contribution in [0, 0.1) is 0 Å². The van der Waals surface area contributed by atoms with E-state index < -0.39 is 0 Å². The zero-order valence-electron chi connectivity index (χ0n) is 8.80. The first kappa shape index (κ1) is 11.3. The molecule has 78 valence electrons. The molecule has 2 nitrogen and oxygen atoms in total. The number of likely N-dealkylation sites (N-methyl/N-ethyl adjacent to an activating group) is 1. The second-order valence-corrected chi connectivity index (χ2v) is 4.31. The fourth-order valence-electron chi connectivity index (χ4n) is 0.867. The molecule has 0 amide bonds. The molecule has 0 fully saturated rings. The Balaban J connectivity index is 2.50. The summed E-state index contributed by atoms with van der Waals surface area (Å²) in [6.07, 6.45) is 0. The second kappa shape index (κ2) is 4.67. The van der Waals surface area contributed by atoms with Crippen molar-refractivity contribution in [3.8, 4) is 5.75 Å². The number of ether oxygens (including phenoxy) is 1. The second-order valence-electron chi connectivity index (χ2n) is 3.88. The molecule has 0 saturated heterocycles. The summed E-state index contributed by atoms with van der Waals surface area (Å²) < 4.78 is 5.60. The number of halogens is 1. The highest BCUT2D eigenvalue weighted by Gasteiger charge is 2.15. The highest BCUT2D eigenvalue weighted by atomic mass is 35.5. The molecule has 0 heterocycles. The summed E-state index contributed by atoms with van der Waals surface area (Å²) >= 11 is 5.76. The Morgan fingerprint density at radius 2 is 1.86 bits per heavy atom. The lowest BCUT2D eigenvalue weighted by molar-refractivity contribution is 0.217. The van der Waals surface area contributed by atoms with Gasteiger partial charge in [-0.05, 0) is 45.2 Å². The number of hydrogen-bond acceptors (Lipinski definition) is 2. The van der Waals surface area contributed by atoms with Crippen molar-refractivity contribution in [3.05, 3.63) is 29.3 Å². The Morgan fingerprint density at radius 3 is 2.36 bits per heavy atom. The summed E-state index contributed by atoms with van der Waals surface area (Å²) in [6, 6.07) is 7.38. The van der Waals surface area contributed by atoms with Crippen LogP contribution in [0.1, 0.15) is 13.8 Å². The van der Waals surface area contributed by atoms with Gasteiger partial charge in [0.1, 0.15) is 12.4 Å². The molecular weight excluding hydrogens is 198 g/mol. The van der Waals surface area contributed by atoms with Gasteiger partial charge in [-0.25, -0.2) is 0 Å². The van der Waals surface area contributed by atoms with Gasteiger partial charge in [0.15, 0.2) is 0 Å². The molecule has 0 unspecified atom stereocenters. The maximum atomic E-state index is 5.76. The van der Waals surface area contributed by atoms with Crippen molar-refractivity contribution in [2.24, 2.45) is 0 Å². The molecule has 0 aromatic heterocycles. The molecule has 14 heavy (non-hydrogen) atoms. The van der Waals surface area contributed by atoms with Crippen LogP contribution in [0.15, 0.2) is 24.3 Å². The van der Waals surface area contributed by atoms with E-state index in [-0.39, 0.29) is 5.54 Å². The highest BCUT2D eigenvalue weighted by Crippen LogP contribution is 2.16. The van der Waals surface area contributed by atoms with Crippen molar-refractivity contribution in [1.29, 1.82) is 0 Å². The van der Waals surface area contributed by atoms with E-state index >= 15 is 0 Å². The van der Waals surface area contributed by atoms with Gasteiger partial charge in [-0.1, -0.05) is 11.6 Å². The van der Waals surface area contributed by atoms with Crippen LogP contribution in [0.2, 0.25) is 5.02 Å². The zero-order chi connectivity index (χ0) is 10.6. The summed E-state index contributed by atoms with van der Waals surface area (Å²) in [5.74, 6) is 0.845. The lowest BCUT2D eigenvalue weighted by atomic mass is 10.1. The normalized spacial score (nSPS) is 11.4. The fourth-order valence-corrected chi connectivity index (χ4v) is 0.993. The Labute approximate surface area is 90.2 Å². The largest absolute Gasteiger partial charge is 0.492 e. The third-order valence-electron chi connectivity index (χ3n) is 2.09. The lowest BCUT2D eigenvalue weighted by Crippen LogP contribution is -2.42. The van der Waals surface area contributed by atoms with E-state index in [0.29, 0.717) is 6.61 Å². The van der Waals surface area contributed by atoms with E-state index in [9.17, 15) is 0 Å². The molecule has 0 aliphatic heterocycles. The van der Waals surface area contributed by atoms with Crippen molar-refractivity contribution < 1.29 is 4.74 Å². The number of nitrogens with one attached hydrogen (secondary N) is 1. The minimum Gasteiger partial charge on any atom is -0.492 e. The molecule has 0 aliphatic rings. The van der Waals surface area contributed by atoms with Gasteiger partial charge >= 0.3 is 0 Å². The minimum absolute atomic E-state index is 0.0142. The number of hydrogen-bond donors (Lipinski definition) is 1. The summed E-state index contributed by atoms with van der Waals surface area (Å²) in [5, 5.41) is 3.90. The first-order chi connectivity index (χ1) is 6.53. The topological polar surface area (TPSA) is 21.3 Å². The highest BCUT2D eigenvalue weighted by molar-refractivity contribution is 6.30. The Morgan fingerprint density at radius 1 is 1.29 bits per heavy atom. The quantitative estimate of drug-likeness (QED) is 0.831. The molecule has 1 aromatic rings. The summed E-state index contributed by atoms with van der Waals surface area (Å²) in [6.45, 7) is 4.80. The van der Waals surface area contributed by atoms with Crippen LogP contribution in [0.5, 0.6) is 5.75 Å². The molecule has 1 N–H and O–H groups in total.